The van der Waals surface area contributed by atoms with Gasteiger partial charge in [0, 0.05) is 22.8 Å². The van der Waals surface area contributed by atoms with E-state index >= 15 is 0 Å². The Hall–Kier alpha value is -1.14. The van der Waals surface area contributed by atoms with Crippen LogP contribution in [0.4, 0.5) is 5.13 Å². The third-order valence-electron chi connectivity index (χ3n) is 6.92. The van der Waals surface area contributed by atoms with Crippen LogP contribution in [0.3, 0.4) is 0 Å². The van der Waals surface area contributed by atoms with Crippen LogP contribution in [0.15, 0.2) is 0 Å². The number of nitrogens with two attached hydrogens (primary N) is 1. The summed E-state index contributed by atoms with van der Waals surface area (Å²) in [5, 5.41) is 15.0. The molecule has 3 aliphatic carbocycles. The highest BCUT2D eigenvalue weighted by Crippen LogP contribution is 2.57. The number of fused-ring (bicyclic) bond motifs is 2. The first-order chi connectivity index (χ1) is 11.8. The van der Waals surface area contributed by atoms with Gasteiger partial charge in [-0.1, -0.05) is 20.8 Å². The van der Waals surface area contributed by atoms with Crippen molar-refractivity contribution in [2.75, 3.05) is 5.73 Å². The fraction of sp³-hybridized carbons (Fsp3) is 0.789. The molecule has 2 fully saturated rings. The minimum atomic E-state index is -0.468. The zero-order valence-electron chi connectivity index (χ0n) is 15.3. The summed E-state index contributed by atoms with van der Waals surface area (Å²) < 4.78 is 0. The van der Waals surface area contributed by atoms with Crippen molar-refractivity contribution in [2.45, 2.75) is 70.9 Å². The average Bonchev–Trinajstić information content (AvgIpc) is 3.27. The first kappa shape index (κ1) is 17.3. The van der Waals surface area contributed by atoms with Crippen molar-refractivity contribution < 1.29 is 9.90 Å². The Bertz CT molecular complexity index is 686. The smallest absolute Gasteiger partial charge is 0.223 e. The van der Waals surface area contributed by atoms with Crippen LogP contribution in [0.1, 0.15) is 62.9 Å². The number of nitrogen functional groups attached to an aromatic ring is 1. The predicted octanol–water partition coefficient (Wildman–Crippen LogP) is 2.69. The number of aliphatic hydroxyl groups excluding tert-OH is 1. The van der Waals surface area contributed by atoms with E-state index in [0.717, 1.165) is 37.8 Å². The Morgan fingerprint density at radius 2 is 2.16 bits per heavy atom. The van der Waals surface area contributed by atoms with E-state index < -0.39 is 6.10 Å². The van der Waals surface area contributed by atoms with Crippen LogP contribution in [0.5, 0.6) is 0 Å². The van der Waals surface area contributed by atoms with Crippen molar-refractivity contribution in [2.24, 2.45) is 23.2 Å². The number of hydrogen-bond donors (Lipinski definition) is 3. The minimum absolute atomic E-state index is 0.0248. The fourth-order valence-corrected chi connectivity index (χ4v) is 6.45. The standard InChI is InChI=1S/C19H29N3O2S/c1-9(17(24)21-11-4-5-11)12-6-7-19(3)8-13-15(22-18(20)25-13)10(2)14(19)16(12)23/h9-12,14,16,23H,4-8H2,1-3H3,(H2,20,22)(H,21,24)/t9-,10+,12+,14+,16-,19+/m0/s1. The van der Waals surface area contributed by atoms with Gasteiger partial charge in [-0.3, -0.25) is 4.79 Å². The first-order valence-corrected chi connectivity index (χ1v) is 10.4. The van der Waals surface area contributed by atoms with E-state index in [2.05, 4.69) is 24.1 Å². The van der Waals surface area contributed by atoms with E-state index in [1.165, 1.54) is 4.88 Å². The lowest BCUT2D eigenvalue weighted by Gasteiger charge is -2.53. The summed E-state index contributed by atoms with van der Waals surface area (Å²) in [6, 6.07) is 0.370. The largest absolute Gasteiger partial charge is 0.392 e. The zero-order valence-corrected chi connectivity index (χ0v) is 16.1. The van der Waals surface area contributed by atoms with E-state index in [1.807, 2.05) is 6.92 Å². The molecule has 1 aromatic rings. The van der Waals surface area contributed by atoms with E-state index in [-0.39, 0.29) is 35.0 Å². The molecule has 4 N–H and O–H groups in total. The van der Waals surface area contributed by atoms with Crippen LogP contribution in [-0.4, -0.2) is 28.1 Å². The van der Waals surface area contributed by atoms with Gasteiger partial charge in [-0.2, -0.15) is 0 Å². The van der Waals surface area contributed by atoms with E-state index in [4.69, 9.17) is 5.73 Å². The number of amides is 1. The van der Waals surface area contributed by atoms with Crippen LogP contribution in [0.25, 0.3) is 0 Å². The van der Waals surface area contributed by atoms with Crippen molar-refractivity contribution in [1.29, 1.82) is 0 Å². The van der Waals surface area contributed by atoms with Gasteiger partial charge in [0.05, 0.1) is 11.8 Å². The molecular weight excluding hydrogens is 334 g/mol. The molecule has 4 rings (SSSR count). The van der Waals surface area contributed by atoms with Gasteiger partial charge >= 0.3 is 0 Å². The van der Waals surface area contributed by atoms with E-state index in [0.29, 0.717) is 11.2 Å². The highest BCUT2D eigenvalue weighted by Gasteiger charge is 2.53. The molecule has 1 amide bonds. The van der Waals surface area contributed by atoms with E-state index in [1.54, 1.807) is 11.3 Å². The number of carbonyl (C=O) groups excluding carboxylic acids is 1. The Morgan fingerprint density at radius 3 is 2.84 bits per heavy atom. The molecule has 0 unspecified atom stereocenters. The van der Waals surface area contributed by atoms with Gasteiger partial charge in [0.1, 0.15) is 0 Å². The molecule has 3 aliphatic rings. The number of aromatic nitrogens is 1. The van der Waals surface area contributed by atoms with Crippen LogP contribution < -0.4 is 11.1 Å². The number of rotatable bonds is 3. The molecule has 25 heavy (non-hydrogen) atoms. The summed E-state index contributed by atoms with van der Waals surface area (Å²) in [5.41, 5.74) is 7.08. The van der Waals surface area contributed by atoms with Crippen molar-refractivity contribution >= 4 is 22.4 Å². The molecule has 1 heterocycles. The average molecular weight is 364 g/mol. The molecule has 0 radical (unpaired) electrons. The van der Waals surface area contributed by atoms with Gasteiger partial charge < -0.3 is 16.2 Å². The monoisotopic (exact) mass is 363 g/mol. The Morgan fingerprint density at radius 1 is 1.44 bits per heavy atom. The molecule has 0 spiro atoms. The molecule has 138 valence electrons. The van der Waals surface area contributed by atoms with Crippen LogP contribution in [-0.2, 0) is 11.2 Å². The van der Waals surface area contributed by atoms with Gasteiger partial charge in [-0.25, -0.2) is 4.98 Å². The molecule has 2 saturated carbocycles. The number of aliphatic hydroxyl groups is 1. The van der Waals surface area contributed by atoms with Gasteiger partial charge in [-0.15, -0.1) is 11.3 Å². The van der Waals surface area contributed by atoms with Gasteiger partial charge in [0.2, 0.25) is 5.91 Å². The minimum Gasteiger partial charge on any atom is -0.392 e. The molecule has 0 aliphatic heterocycles. The number of hydrogen-bond acceptors (Lipinski definition) is 5. The highest BCUT2D eigenvalue weighted by atomic mass is 32.1. The normalized spacial score (nSPS) is 38.6. The van der Waals surface area contributed by atoms with Gasteiger partial charge in [0.15, 0.2) is 5.13 Å². The summed E-state index contributed by atoms with van der Waals surface area (Å²) >= 11 is 1.60. The van der Waals surface area contributed by atoms with Crippen LogP contribution in [0, 0.1) is 23.2 Å². The number of anilines is 1. The maximum atomic E-state index is 12.5. The molecule has 5 nitrogen and oxygen atoms in total. The summed E-state index contributed by atoms with van der Waals surface area (Å²) in [6.45, 7) is 6.44. The Kier molecular flexibility index (Phi) is 4.11. The molecular formula is C19H29N3O2S. The predicted molar refractivity (Wildman–Crippen MR) is 99.3 cm³/mol. The third kappa shape index (κ3) is 2.87. The van der Waals surface area contributed by atoms with Gasteiger partial charge in [-0.05, 0) is 49.4 Å². The number of nitrogens with zero attached hydrogens (tertiary/aromatic N) is 1. The van der Waals surface area contributed by atoms with E-state index in [9.17, 15) is 9.90 Å². The fourth-order valence-electron chi connectivity index (χ4n) is 5.32. The molecule has 0 saturated heterocycles. The molecule has 1 aromatic heterocycles. The van der Waals surface area contributed by atoms with Crippen molar-refractivity contribution in [3.8, 4) is 0 Å². The van der Waals surface area contributed by atoms with Crippen molar-refractivity contribution in [1.82, 2.24) is 10.3 Å². The summed E-state index contributed by atoms with van der Waals surface area (Å²) in [5.74, 6) is 0.304. The molecule has 0 aromatic carbocycles. The summed E-state index contributed by atoms with van der Waals surface area (Å²) in [6.07, 6.45) is 4.61. The molecule has 6 atom stereocenters. The lowest BCUT2D eigenvalue weighted by atomic mass is 9.53. The molecule has 6 heteroatoms. The topological polar surface area (TPSA) is 88.2 Å². The second-order valence-electron chi connectivity index (χ2n) is 8.77. The Labute approximate surface area is 153 Å². The lowest BCUT2D eigenvalue weighted by Crippen LogP contribution is -2.53. The molecule has 0 bridgehead atoms. The van der Waals surface area contributed by atoms with Crippen molar-refractivity contribution in [3.63, 3.8) is 0 Å². The summed E-state index contributed by atoms with van der Waals surface area (Å²) in [7, 11) is 0. The second kappa shape index (κ2) is 5.95. The number of nitrogens with one attached hydrogen (secondary N) is 1. The third-order valence-corrected chi connectivity index (χ3v) is 7.82. The maximum Gasteiger partial charge on any atom is 0.223 e. The maximum absolute atomic E-state index is 12.5. The first-order valence-electron chi connectivity index (χ1n) is 9.53. The SMILES string of the molecule is C[C@H](C(=O)NC1CC1)[C@H]1CC[C@]2(C)Cc3sc(N)nc3[C@H](C)[C@@H]2[C@H]1O. The zero-order chi connectivity index (χ0) is 17.9. The highest BCUT2D eigenvalue weighted by molar-refractivity contribution is 7.15. The van der Waals surface area contributed by atoms with Gasteiger partial charge in [0.25, 0.3) is 0 Å². The lowest BCUT2D eigenvalue weighted by molar-refractivity contribution is -0.134. The van der Waals surface area contributed by atoms with Crippen LogP contribution >= 0.6 is 11.3 Å². The number of thiazole rings is 1. The quantitative estimate of drug-likeness (QED) is 0.770. The van der Waals surface area contributed by atoms with Crippen molar-refractivity contribution in [3.05, 3.63) is 10.6 Å². The number of carbonyl (C=O) groups is 1. The van der Waals surface area contributed by atoms with Crippen LogP contribution in [0.2, 0.25) is 0 Å². The Balaban J connectivity index is 1.58. The second-order valence-corrected chi connectivity index (χ2v) is 9.89. The summed E-state index contributed by atoms with van der Waals surface area (Å²) in [4.78, 5) is 18.3.